The van der Waals surface area contributed by atoms with Gasteiger partial charge in [-0.2, -0.15) is 0 Å². The fraction of sp³-hybridized carbons (Fsp3) is 0.600. The van der Waals surface area contributed by atoms with Gasteiger partial charge in [-0.3, -0.25) is 0 Å². The molecule has 19 heavy (non-hydrogen) atoms. The highest BCUT2D eigenvalue weighted by Crippen LogP contribution is 2.47. The second kappa shape index (κ2) is 5.47. The molecule has 2 N–H and O–H groups in total. The molecule has 1 aromatic carbocycles. The van der Waals surface area contributed by atoms with E-state index in [0.717, 1.165) is 28.4 Å². The van der Waals surface area contributed by atoms with Gasteiger partial charge in [0.15, 0.2) is 0 Å². The summed E-state index contributed by atoms with van der Waals surface area (Å²) in [5.74, 6) is 0.534. The Kier molecular flexibility index (Phi) is 4.05. The molecule has 1 aromatic rings. The molecule has 2 aliphatic rings. The highest BCUT2D eigenvalue weighted by atomic mass is 79.9. The molecule has 1 aliphatic carbocycles. The number of nitrogens with two attached hydrogens (primary N) is 1. The number of ether oxygens (including phenoxy) is 1. The molecule has 2 nitrogen and oxygen atoms in total. The van der Waals surface area contributed by atoms with Crippen LogP contribution in [0.25, 0.3) is 0 Å². The van der Waals surface area contributed by atoms with Crippen LogP contribution >= 0.6 is 31.9 Å². The summed E-state index contributed by atoms with van der Waals surface area (Å²) < 4.78 is 8.17. The lowest BCUT2D eigenvalue weighted by atomic mass is 9.70. The lowest BCUT2D eigenvalue weighted by Crippen LogP contribution is -2.47. The molecule has 3 rings (SSSR count). The zero-order valence-corrected chi connectivity index (χ0v) is 14.0. The summed E-state index contributed by atoms with van der Waals surface area (Å²) in [6.07, 6.45) is 5.95. The van der Waals surface area contributed by atoms with Crippen LogP contribution in [0.3, 0.4) is 0 Å². The van der Waals surface area contributed by atoms with Crippen molar-refractivity contribution < 1.29 is 4.74 Å². The van der Waals surface area contributed by atoms with E-state index < -0.39 is 0 Å². The highest BCUT2D eigenvalue weighted by molar-refractivity contribution is 9.11. The lowest BCUT2D eigenvalue weighted by Gasteiger charge is -2.48. The van der Waals surface area contributed by atoms with Crippen molar-refractivity contribution in [2.24, 2.45) is 11.7 Å². The fourth-order valence-corrected chi connectivity index (χ4v) is 4.63. The van der Waals surface area contributed by atoms with Gasteiger partial charge in [0.2, 0.25) is 0 Å². The molecule has 2 fully saturated rings. The summed E-state index contributed by atoms with van der Waals surface area (Å²) in [7, 11) is 0. The quantitative estimate of drug-likeness (QED) is 0.805. The number of benzene rings is 1. The molecule has 0 amide bonds. The van der Waals surface area contributed by atoms with E-state index in [0.29, 0.717) is 5.92 Å². The van der Waals surface area contributed by atoms with Gasteiger partial charge in [0, 0.05) is 21.6 Å². The van der Waals surface area contributed by atoms with Crippen LogP contribution < -0.4 is 5.73 Å². The van der Waals surface area contributed by atoms with Crippen molar-refractivity contribution in [3.05, 3.63) is 32.7 Å². The number of hydrogen-bond acceptors (Lipinski definition) is 2. The van der Waals surface area contributed by atoms with Crippen LogP contribution in [0.1, 0.15) is 43.7 Å². The Morgan fingerprint density at radius 1 is 1.32 bits per heavy atom. The Hall–Kier alpha value is 0.1000. The van der Waals surface area contributed by atoms with Crippen molar-refractivity contribution >= 4 is 31.9 Å². The molecular weight excluding hydrogens is 370 g/mol. The summed E-state index contributed by atoms with van der Waals surface area (Å²) in [5, 5.41) is 0. The Labute approximate surface area is 131 Å². The highest BCUT2D eigenvalue weighted by Gasteiger charge is 2.44. The summed E-state index contributed by atoms with van der Waals surface area (Å²) in [5.41, 5.74) is 7.90. The third-order valence-electron chi connectivity index (χ3n) is 4.63. The SMILES string of the molecule is NC(c1ccc(Br)cc1Br)C1CCOC2(CCC2)C1. The van der Waals surface area contributed by atoms with Gasteiger partial charge in [0.1, 0.15) is 0 Å². The van der Waals surface area contributed by atoms with E-state index in [-0.39, 0.29) is 11.6 Å². The molecule has 2 unspecified atom stereocenters. The van der Waals surface area contributed by atoms with Gasteiger partial charge < -0.3 is 10.5 Å². The van der Waals surface area contributed by atoms with E-state index >= 15 is 0 Å². The molecule has 1 saturated carbocycles. The molecular formula is C15H19Br2NO. The minimum atomic E-state index is 0.101. The van der Waals surface area contributed by atoms with E-state index in [1.807, 2.05) is 0 Å². The Bertz CT molecular complexity index is 473. The molecule has 104 valence electrons. The minimum absolute atomic E-state index is 0.101. The van der Waals surface area contributed by atoms with Gasteiger partial charge in [-0.05, 0) is 55.7 Å². The van der Waals surface area contributed by atoms with Crippen LogP contribution in [0.15, 0.2) is 27.1 Å². The maximum Gasteiger partial charge on any atom is 0.0686 e. The van der Waals surface area contributed by atoms with Crippen molar-refractivity contribution in [1.29, 1.82) is 0 Å². The summed E-state index contributed by atoms with van der Waals surface area (Å²) in [6, 6.07) is 6.37. The first-order valence-corrected chi connectivity index (χ1v) is 8.53. The van der Waals surface area contributed by atoms with E-state index in [9.17, 15) is 0 Å². The normalized spacial score (nSPS) is 27.0. The van der Waals surface area contributed by atoms with E-state index in [4.69, 9.17) is 10.5 Å². The predicted octanol–water partition coefficient (Wildman–Crippen LogP) is 4.56. The Morgan fingerprint density at radius 2 is 2.11 bits per heavy atom. The largest absolute Gasteiger partial charge is 0.375 e. The molecule has 1 spiro atoms. The van der Waals surface area contributed by atoms with Gasteiger partial charge >= 0.3 is 0 Å². The van der Waals surface area contributed by atoms with Crippen LogP contribution in [0.5, 0.6) is 0 Å². The number of halogens is 2. The van der Waals surface area contributed by atoms with Crippen LogP contribution in [0.2, 0.25) is 0 Å². The molecule has 1 aliphatic heterocycles. The first-order chi connectivity index (χ1) is 9.10. The Balaban J connectivity index is 1.77. The molecule has 1 saturated heterocycles. The summed E-state index contributed by atoms with van der Waals surface area (Å²) in [6.45, 7) is 0.868. The first-order valence-electron chi connectivity index (χ1n) is 6.94. The topological polar surface area (TPSA) is 35.2 Å². The van der Waals surface area contributed by atoms with Crippen molar-refractivity contribution in [3.8, 4) is 0 Å². The number of hydrogen-bond donors (Lipinski definition) is 1. The average Bonchev–Trinajstić information content (AvgIpc) is 2.36. The summed E-state index contributed by atoms with van der Waals surface area (Å²) >= 11 is 7.12. The lowest BCUT2D eigenvalue weighted by molar-refractivity contribution is -0.146. The van der Waals surface area contributed by atoms with Gasteiger partial charge in [-0.1, -0.05) is 37.9 Å². The van der Waals surface area contributed by atoms with Crippen LogP contribution in [-0.2, 0) is 4.74 Å². The second-order valence-corrected chi connectivity index (χ2v) is 7.60. The smallest absolute Gasteiger partial charge is 0.0686 e. The van der Waals surface area contributed by atoms with Gasteiger partial charge in [-0.15, -0.1) is 0 Å². The zero-order valence-electron chi connectivity index (χ0n) is 10.9. The van der Waals surface area contributed by atoms with Gasteiger partial charge in [-0.25, -0.2) is 0 Å². The molecule has 2 atom stereocenters. The predicted molar refractivity (Wildman–Crippen MR) is 84.0 cm³/mol. The van der Waals surface area contributed by atoms with Crippen molar-refractivity contribution in [1.82, 2.24) is 0 Å². The van der Waals surface area contributed by atoms with Gasteiger partial charge in [0.25, 0.3) is 0 Å². The van der Waals surface area contributed by atoms with Crippen molar-refractivity contribution in [3.63, 3.8) is 0 Å². The number of rotatable bonds is 2. The molecule has 1 heterocycles. The maximum atomic E-state index is 6.52. The average molecular weight is 389 g/mol. The van der Waals surface area contributed by atoms with Crippen LogP contribution in [0.4, 0.5) is 0 Å². The second-order valence-electron chi connectivity index (χ2n) is 5.83. The molecule has 4 heteroatoms. The molecule has 0 bridgehead atoms. The fourth-order valence-electron chi connectivity index (χ4n) is 3.32. The summed E-state index contributed by atoms with van der Waals surface area (Å²) in [4.78, 5) is 0. The maximum absolute atomic E-state index is 6.52. The van der Waals surface area contributed by atoms with Crippen molar-refractivity contribution in [2.75, 3.05) is 6.61 Å². The van der Waals surface area contributed by atoms with E-state index in [1.54, 1.807) is 0 Å². The Morgan fingerprint density at radius 3 is 2.74 bits per heavy atom. The third kappa shape index (κ3) is 2.78. The van der Waals surface area contributed by atoms with Crippen molar-refractivity contribution in [2.45, 2.75) is 43.7 Å². The standard InChI is InChI=1S/C15H19Br2NO/c16-11-2-3-12(13(17)8-11)14(18)10-4-7-19-15(9-10)5-1-6-15/h2-3,8,10,14H,1,4-7,9,18H2. The van der Waals surface area contributed by atoms with Gasteiger partial charge in [0.05, 0.1) is 5.60 Å². The third-order valence-corrected chi connectivity index (χ3v) is 5.81. The minimum Gasteiger partial charge on any atom is -0.375 e. The van der Waals surface area contributed by atoms with Crippen LogP contribution in [-0.4, -0.2) is 12.2 Å². The first kappa shape index (κ1) is 14.1. The zero-order chi connectivity index (χ0) is 13.5. The van der Waals surface area contributed by atoms with E-state index in [1.165, 1.54) is 24.8 Å². The molecule has 0 aromatic heterocycles. The monoisotopic (exact) mass is 387 g/mol. The van der Waals surface area contributed by atoms with Crippen LogP contribution in [0, 0.1) is 5.92 Å². The van der Waals surface area contributed by atoms with E-state index in [2.05, 4.69) is 50.1 Å². The molecule has 0 radical (unpaired) electrons.